The fraction of sp³-hybridized carbons (Fsp3) is 0.350. The van der Waals surface area contributed by atoms with Crippen molar-refractivity contribution >= 4 is 6.03 Å². The van der Waals surface area contributed by atoms with Gasteiger partial charge in [0.05, 0.1) is 14.2 Å². The van der Waals surface area contributed by atoms with Gasteiger partial charge in [0, 0.05) is 19.6 Å². The number of nitrogens with one attached hydrogen (secondary N) is 1. The lowest BCUT2D eigenvalue weighted by atomic mass is 9.99. The average Bonchev–Trinajstić information content (AvgIpc) is 2.65. The van der Waals surface area contributed by atoms with Crippen LogP contribution in [0.3, 0.4) is 0 Å². The maximum atomic E-state index is 12.5. The van der Waals surface area contributed by atoms with E-state index in [4.69, 9.17) is 9.47 Å². The van der Waals surface area contributed by atoms with Gasteiger partial charge in [0.15, 0.2) is 11.5 Å². The van der Waals surface area contributed by atoms with Gasteiger partial charge in [-0.3, -0.25) is 0 Å². The second-order valence-electron chi connectivity index (χ2n) is 6.29. The van der Waals surface area contributed by atoms with E-state index in [2.05, 4.69) is 24.4 Å². The van der Waals surface area contributed by atoms with E-state index in [1.165, 1.54) is 11.1 Å². The van der Waals surface area contributed by atoms with E-state index in [0.717, 1.165) is 23.3 Å². The van der Waals surface area contributed by atoms with Gasteiger partial charge in [-0.2, -0.15) is 0 Å². The van der Waals surface area contributed by atoms with Crippen LogP contribution in [0, 0.1) is 6.92 Å². The molecule has 0 atom stereocenters. The fourth-order valence-electron chi connectivity index (χ4n) is 3.05. The van der Waals surface area contributed by atoms with Crippen molar-refractivity contribution < 1.29 is 14.3 Å². The second-order valence-corrected chi connectivity index (χ2v) is 6.29. The summed E-state index contributed by atoms with van der Waals surface area (Å²) in [6.07, 6.45) is 0.813. The zero-order valence-electron chi connectivity index (χ0n) is 15.0. The van der Waals surface area contributed by atoms with E-state index in [0.29, 0.717) is 25.4 Å². The fourth-order valence-corrected chi connectivity index (χ4v) is 3.05. The van der Waals surface area contributed by atoms with Crippen molar-refractivity contribution in [3.8, 4) is 11.5 Å². The van der Waals surface area contributed by atoms with E-state index >= 15 is 0 Å². The largest absolute Gasteiger partial charge is 0.493 e. The molecule has 2 aromatic rings. The summed E-state index contributed by atoms with van der Waals surface area (Å²) in [6, 6.07) is 12.1. The lowest BCUT2D eigenvalue weighted by Crippen LogP contribution is -2.42. The first-order valence-corrected chi connectivity index (χ1v) is 8.43. The molecule has 1 aliphatic rings. The van der Waals surface area contributed by atoms with Crippen molar-refractivity contribution in [1.29, 1.82) is 0 Å². The molecule has 5 nitrogen and oxygen atoms in total. The van der Waals surface area contributed by atoms with Crippen LogP contribution in [0.5, 0.6) is 11.5 Å². The third-order valence-corrected chi connectivity index (χ3v) is 4.57. The quantitative estimate of drug-likeness (QED) is 0.929. The van der Waals surface area contributed by atoms with Crippen molar-refractivity contribution in [3.05, 3.63) is 58.7 Å². The minimum absolute atomic E-state index is 0.0407. The van der Waals surface area contributed by atoms with Gasteiger partial charge in [-0.05, 0) is 42.2 Å². The van der Waals surface area contributed by atoms with Crippen LogP contribution in [0.15, 0.2) is 36.4 Å². The Bertz CT molecular complexity index is 756. The van der Waals surface area contributed by atoms with Crippen LogP contribution in [0.25, 0.3) is 0 Å². The number of ether oxygens (including phenoxy) is 2. The lowest BCUT2D eigenvalue weighted by molar-refractivity contribution is 0.191. The van der Waals surface area contributed by atoms with Crippen LogP contribution >= 0.6 is 0 Å². The number of carbonyl (C=O) groups is 1. The highest BCUT2D eigenvalue weighted by Crippen LogP contribution is 2.33. The molecular formula is C20H24N2O3. The van der Waals surface area contributed by atoms with Gasteiger partial charge in [-0.25, -0.2) is 4.79 Å². The minimum atomic E-state index is -0.0407. The monoisotopic (exact) mass is 340 g/mol. The predicted octanol–water partition coefficient (Wildman–Crippen LogP) is 3.28. The first-order valence-electron chi connectivity index (χ1n) is 8.43. The molecule has 0 saturated heterocycles. The molecule has 0 radical (unpaired) electrons. The van der Waals surface area contributed by atoms with Gasteiger partial charge in [-0.1, -0.05) is 29.8 Å². The summed E-state index contributed by atoms with van der Waals surface area (Å²) in [5.74, 6) is 1.43. The second kappa shape index (κ2) is 7.47. The number of rotatable bonds is 4. The van der Waals surface area contributed by atoms with Gasteiger partial charge >= 0.3 is 6.03 Å². The number of hydrogen-bond donors (Lipinski definition) is 1. The summed E-state index contributed by atoms with van der Waals surface area (Å²) < 4.78 is 10.7. The first kappa shape index (κ1) is 17.1. The summed E-state index contributed by atoms with van der Waals surface area (Å²) in [5, 5.41) is 3.00. The maximum absolute atomic E-state index is 12.5. The highest BCUT2D eigenvalue weighted by molar-refractivity contribution is 5.74. The highest BCUT2D eigenvalue weighted by Gasteiger charge is 2.22. The molecule has 0 fully saturated rings. The number of methoxy groups -OCH3 is 2. The molecule has 132 valence electrons. The van der Waals surface area contributed by atoms with E-state index in [9.17, 15) is 4.79 Å². The van der Waals surface area contributed by atoms with E-state index in [1.807, 2.05) is 29.2 Å². The minimum Gasteiger partial charge on any atom is -0.493 e. The van der Waals surface area contributed by atoms with Crippen LogP contribution in [0.2, 0.25) is 0 Å². The van der Waals surface area contributed by atoms with Crippen LogP contribution in [-0.2, 0) is 19.5 Å². The van der Waals surface area contributed by atoms with E-state index in [-0.39, 0.29) is 6.03 Å². The lowest BCUT2D eigenvalue weighted by Gasteiger charge is -2.29. The Labute approximate surface area is 148 Å². The molecule has 25 heavy (non-hydrogen) atoms. The Morgan fingerprint density at radius 3 is 2.36 bits per heavy atom. The summed E-state index contributed by atoms with van der Waals surface area (Å²) in [6.45, 7) is 3.86. The molecule has 5 heteroatoms. The molecule has 2 aromatic carbocycles. The third-order valence-electron chi connectivity index (χ3n) is 4.57. The molecule has 3 rings (SSSR count). The molecule has 0 aromatic heterocycles. The summed E-state index contributed by atoms with van der Waals surface area (Å²) >= 11 is 0. The number of fused-ring (bicyclic) bond motifs is 1. The molecule has 1 N–H and O–H groups in total. The smallest absolute Gasteiger partial charge is 0.317 e. The zero-order valence-corrected chi connectivity index (χ0v) is 15.0. The highest BCUT2D eigenvalue weighted by atomic mass is 16.5. The molecule has 2 amide bonds. The first-order chi connectivity index (χ1) is 12.1. The molecule has 0 saturated carbocycles. The SMILES string of the molecule is COc1cc2c(cc1OC)CN(C(=O)NCc1ccc(C)cc1)CC2. The van der Waals surface area contributed by atoms with Crippen LogP contribution in [0.1, 0.15) is 22.3 Å². The number of aryl methyl sites for hydroxylation is 1. The normalized spacial score (nSPS) is 13.2. The number of nitrogens with zero attached hydrogens (tertiary/aromatic N) is 1. The van der Waals surface area contributed by atoms with Gasteiger partial charge in [-0.15, -0.1) is 0 Å². The standard InChI is InChI=1S/C20H24N2O3/c1-14-4-6-15(7-5-14)12-21-20(23)22-9-8-16-10-18(24-2)19(25-3)11-17(16)13-22/h4-7,10-11H,8-9,12-13H2,1-3H3,(H,21,23). The average molecular weight is 340 g/mol. The maximum Gasteiger partial charge on any atom is 0.317 e. The Morgan fingerprint density at radius 2 is 1.72 bits per heavy atom. The summed E-state index contributed by atoms with van der Waals surface area (Å²) in [5.41, 5.74) is 4.63. The Morgan fingerprint density at radius 1 is 1.08 bits per heavy atom. The molecule has 1 heterocycles. The van der Waals surface area contributed by atoms with Crippen molar-refractivity contribution in [2.45, 2.75) is 26.4 Å². The van der Waals surface area contributed by atoms with Crippen LogP contribution < -0.4 is 14.8 Å². The Kier molecular flexibility index (Phi) is 5.12. The summed E-state index contributed by atoms with van der Waals surface area (Å²) in [4.78, 5) is 14.3. The van der Waals surface area contributed by atoms with Gasteiger partial charge in [0.2, 0.25) is 0 Å². The zero-order chi connectivity index (χ0) is 17.8. The van der Waals surface area contributed by atoms with E-state index in [1.54, 1.807) is 14.2 Å². The number of urea groups is 1. The number of hydrogen-bond acceptors (Lipinski definition) is 3. The van der Waals surface area contributed by atoms with Crippen molar-refractivity contribution in [2.75, 3.05) is 20.8 Å². The van der Waals surface area contributed by atoms with Crippen LogP contribution in [-0.4, -0.2) is 31.7 Å². The van der Waals surface area contributed by atoms with E-state index < -0.39 is 0 Å². The van der Waals surface area contributed by atoms with Gasteiger partial charge < -0.3 is 19.7 Å². The van der Waals surface area contributed by atoms with Crippen LogP contribution in [0.4, 0.5) is 4.79 Å². The molecule has 0 aliphatic carbocycles. The molecule has 1 aliphatic heterocycles. The van der Waals surface area contributed by atoms with Crippen molar-refractivity contribution in [3.63, 3.8) is 0 Å². The Balaban J connectivity index is 1.65. The topological polar surface area (TPSA) is 50.8 Å². The number of amides is 2. The molecular weight excluding hydrogens is 316 g/mol. The Hall–Kier alpha value is -2.69. The van der Waals surface area contributed by atoms with Crippen molar-refractivity contribution in [1.82, 2.24) is 10.2 Å². The predicted molar refractivity (Wildman–Crippen MR) is 97.1 cm³/mol. The number of carbonyl (C=O) groups excluding carboxylic acids is 1. The molecule has 0 spiro atoms. The van der Waals surface area contributed by atoms with Gasteiger partial charge in [0.25, 0.3) is 0 Å². The number of benzene rings is 2. The molecule has 0 unspecified atom stereocenters. The molecule has 0 bridgehead atoms. The summed E-state index contributed by atoms with van der Waals surface area (Å²) in [7, 11) is 3.26. The van der Waals surface area contributed by atoms with Crippen molar-refractivity contribution in [2.24, 2.45) is 0 Å². The third kappa shape index (κ3) is 3.87. The van der Waals surface area contributed by atoms with Gasteiger partial charge in [0.1, 0.15) is 0 Å².